The first-order chi connectivity index (χ1) is 16.5. The van der Waals surface area contributed by atoms with Gasteiger partial charge in [-0.1, -0.05) is 42.5 Å². The van der Waals surface area contributed by atoms with Gasteiger partial charge in [-0.2, -0.15) is 0 Å². The molecule has 0 aliphatic rings. The number of rotatable bonds is 8. The van der Waals surface area contributed by atoms with E-state index in [-0.39, 0.29) is 22.7 Å². The Kier molecular flexibility index (Phi) is 6.94. The minimum Gasteiger partial charge on any atom is -0.497 e. The molecule has 4 aromatic carbocycles. The summed E-state index contributed by atoms with van der Waals surface area (Å²) in [7, 11) is 1.55. The molecule has 0 saturated heterocycles. The monoisotopic (exact) mass is 471 g/mol. The van der Waals surface area contributed by atoms with Gasteiger partial charge in [-0.05, 0) is 47.9 Å². The van der Waals surface area contributed by atoms with Crippen LogP contribution in [0.2, 0.25) is 0 Å². The van der Waals surface area contributed by atoms with Crippen LogP contribution in [0.25, 0.3) is 10.8 Å². The maximum absolute atomic E-state index is 13.0. The van der Waals surface area contributed by atoms with Crippen LogP contribution in [-0.2, 0) is 0 Å². The number of fused-ring (bicyclic) bond motifs is 1. The lowest BCUT2D eigenvalue weighted by atomic mass is 9.98. The van der Waals surface area contributed by atoms with Gasteiger partial charge < -0.3 is 15.2 Å². The lowest BCUT2D eigenvalue weighted by molar-refractivity contribution is 0.0698. The SMILES string of the molecule is COc1cccc(C(=O)CSc2cccc(NC(=O)c3cccc4cccc(C(=O)O)c34)c2)c1. The number of anilines is 1. The average molecular weight is 472 g/mol. The molecule has 1 amide bonds. The summed E-state index contributed by atoms with van der Waals surface area (Å²) in [4.78, 5) is 38.1. The minimum atomic E-state index is -1.09. The molecule has 0 bridgehead atoms. The van der Waals surface area contributed by atoms with E-state index in [1.807, 2.05) is 6.07 Å². The number of nitrogens with one attached hydrogen (secondary N) is 1. The van der Waals surface area contributed by atoms with Crippen molar-refractivity contribution in [3.8, 4) is 5.75 Å². The number of Topliss-reactive ketones (excluding diaryl/α,β-unsaturated/α-hetero) is 1. The highest BCUT2D eigenvalue weighted by Crippen LogP contribution is 2.26. The molecule has 0 aliphatic carbocycles. The van der Waals surface area contributed by atoms with Crippen molar-refractivity contribution in [2.75, 3.05) is 18.2 Å². The van der Waals surface area contributed by atoms with E-state index in [4.69, 9.17) is 4.74 Å². The van der Waals surface area contributed by atoms with Gasteiger partial charge >= 0.3 is 5.97 Å². The van der Waals surface area contributed by atoms with Crippen molar-refractivity contribution in [2.24, 2.45) is 0 Å². The standard InChI is InChI=1S/C27H21NO5S/c1-33-20-10-2-8-18(14-20)24(29)16-34-21-11-5-9-19(15-21)28-26(30)22-12-3-6-17-7-4-13-23(25(17)22)27(31)32/h2-15H,16H2,1H3,(H,28,30)(H,31,32). The summed E-state index contributed by atoms with van der Waals surface area (Å²) in [6.07, 6.45) is 0. The van der Waals surface area contributed by atoms with Gasteiger partial charge in [0, 0.05) is 27.1 Å². The van der Waals surface area contributed by atoms with E-state index in [0.717, 1.165) is 4.90 Å². The zero-order valence-electron chi connectivity index (χ0n) is 18.3. The number of aromatic carboxylic acids is 1. The molecule has 0 unspecified atom stereocenters. The van der Waals surface area contributed by atoms with E-state index < -0.39 is 11.9 Å². The summed E-state index contributed by atoms with van der Waals surface area (Å²) in [6, 6.07) is 24.2. The second-order valence-electron chi connectivity index (χ2n) is 7.44. The highest BCUT2D eigenvalue weighted by atomic mass is 32.2. The van der Waals surface area contributed by atoms with Crippen molar-refractivity contribution in [1.29, 1.82) is 0 Å². The predicted octanol–water partition coefficient (Wildman–Crippen LogP) is 5.77. The molecule has 170 valence electrons. The number of methoxy groups -OCH3 is 1. The van der Waals surface area contributed by atoms with Gasteiger partial charge in [0.05, 0.1) is 18.4 Å². The van der Waals surface area contributed by atoms with E-state index in [1.165, 1.54) is 17.8 Å². The quantitative estimate of drug-likeness (QED) is 0.250. The third kappa shape index (κ3) is 5.10. The Morgan fingerprint density at radius 2 is 1.59 bits per heavy atom. The number of amides is 1. The fraction of sp³-hybridized carbons (Fsp3) is 0.0741. The molecular formula is C27H21NO5S. The van der Waals surface area contributed by atoms with Crippen LogP contribution < -0.4 is 10.1 Å². The number of carboxylic acid groups (broad SMARTS) is 1. The van der Waals surface area contributed by atoms with Crippen molar-refractivity contribution in [3.05, 3.63) is 102 Å². The number of hydrogen-bond donors (Lipinski definition) is 2. The summed E-state index contributed by atoms with van der Waals surface area (Å²) in [5.41, 5.74) is 1.47. The molecule has 0 atom stereocenters. The van der Waals surface area contributed by atoms with Gasteiger partial charge in [0.25, 0.3) is 5.91 Å². The Labute approximate surface area is 200 Å². The summed E-state index contributed by atoms with van der Waals surface area (Å²) in [6.45, 7) is 0. The second-order valence-corrected chi connectivity index (χ2v) is 8.49. The molecule has 0 heterocycles. The first-order valence-electron chi connectivity index (χ1n) is 10.4. The van der Waals surface area contributed by atoms with Crippen LogP contribution in [0.4, 0.5) is 5.69 Å². The summed E-state index contributed by atoms with van der Waals surface area (Å²) >= 11 is 1.36. The Hall–Kier alpha value is -4.10. The van der Waals surface area contributed by atoms with Gasteiger partial charge in [0.2, 0.25) is 0 Å². The molecule has 0 aliphatic heterocycles. The van der Waals surface area contributed by atoms with E-state index in [0.29, 0.717) is 27.8 Å². The zero-order valence-corrected chi connectivity index (χ0v) is 19.1. The van der Waals surface area contributed by atoms with Crippen molar-refractivity contribution in [2.45, 2.75) is 4.90 Å². The first kappa shape index (κ1) is 23.1. The third-order valence-corrected chi connectivity index (χ3v) is 6.23. The second kappa shape index (κ2) is 10.2. The Bertz CT molecular complexity index is 1390. The molecular weight excluding hydrogens is 450 g/mol. The van der Waals surface area contributed by atoms with Crippen molar-refractivity contribution >= 4 is 45.9 Å². The number of thioether (sulfide) groups is 1. The number of ether oxygens (including phenoxy) is 1. The van der Waals surface area contributed by atoms with E-state index >= 15 is 0 Å². The van der Waals surface area contributed by atoms with Crippen LogP contribution >= 0.6 is 11.8 Å². The molecule has 0 radical (unpaired) electrons. The first-order valence-corrected chi connectivity index (χ1v) is 11.4. The smallest absolute Gasteiger partial charge is 0.336 e. The molecule has 34 heavy (non-hydrogen) atoms. The van der Waals surface area contributed by atoms with Crippen LogP contribution in [0, 0.1) is 0 Å². The molecule has 0 aromatic heterocycles. The maximum atomic E-state index is 13.0. The molecule has 4 aromatic rings. The van der Waals surface area contributed by atoms with Gasteiger partial charge in [0.15, 0.2) is 5.78 Å². The molecule has 7 heteroatoms. The fourth-order valence-electron chi connectivity index (χ4n) is 3.60. The highest BCUT2D eigenvalue weighted by Gasteiger charge is 2.17. The van der Waals surface area contributed by atoms with Crippen molar-refractivity contribution in [3.63, 3.8) is 0 Å². The number of carbonyl (C=O) groups excluding carboxylic acids is 2. The fourth-order valence-corrected chi connectivity index (χ4v) is 4.45. The van der Waals surface area contributed by atoms with Crippen molar-refractivity contribution < 1.29 is 24.2 Å². The van der Waals surface area contributed by atoms with E-state index in [9.17, 15) is 19.5 Å². The number of hydrogen-bond acceptors (Lipinski definition) is 5. The van der Waals surface area contributed by atoms with E-state index in [2.05, 4.69) is 5.32 Å². The average Bonchev–Trinajstić information content (AvgIpc) is 2.86. The maximum Gasteiger partial charge on any atom is 0.336 e. The third-order valence-electron chi connectivity index (χ3n) is 5.23. The topological polar surface area (TPSA) is 92.7 Å². The number of carbonyl (C=O) groups is 3. The molecule has 0 saturated carbocycles. The number of benzene rings is 4. The van der Waals surface area contributed by atoms with Gasteiger partial charge in [-0.25, -0.2) is 4.79 Å². The summed E-state index contributed by atoms with van der Waals surface area (Å²) < 4.78 is 5.17. The molecule has 0 fully saturated rings. The van der Waals surface area contributed by atoms with Crippen LogP contribution in [0.15, 0.2) is 89.8 Å². The molecule has 0 spiro atoms. The van der Waals surface area contributed by atoms with Crippen LogP contribution in [0.1, 0.15) is 31.1 Å². The van der Waals surface area contributed by atoms with Crippen molar-refractivity contribution in [1.82, 2.24) is 0 Å². The lowest BCUT2D eigenvalue weighted by Crippen LogP contribution is -2.13. The zero-order chi connectivity index (χ0) is 24.1. The largest absolute Gasteiger partial charge is 0.497 e. The van der Waals surface area contributed by atoms with Crippen LogP contribution in [-0.4, -0.2) is 35.6 Å². The Morgan fingerprint density at radius 1 is 0.882 bits per heavy atom. The van der Waals surface area contributed by atoms with Crippen LogP contribution in [0.3, 0.4) is 0 Å². The molecule has 4 rings (SSSR count). The van der Waals surface area contributed by atoms with E-state index in [1.54, 1.807) is 79.9 Å². The summed E-state index contributed by atoms with van der Waals surface area (Å²) in [5.74, 6) is -0.676. The summed E-state index contributed by atoms with van der Waals surface area (Å²) in [5, 5.41) is 13.5. The van der Waals surface area contributed by atoms with Gasteiger partial charge in [-0.15, -0.1) is 11.8 Å². The normalized spacial score (nSPS) is 10.6. The van der Waals surface area contributed by atoms with Gasteiger partial charge in [-0.3, -0.25) is 9.59 Å². The number of ketones is 1. The predicted molar refractivity (Wildman–Crippen MR) is 133 cm³/mol. The molecule has 6 nitrogen and oxygen atoms in total. The Morgan fingerprint density at radius 3 is 2.32 bits per heavy atom. The van der Waals surface area contributed by atoms with Gasteiger partial charge in [0.1, 0.15) is 5.75 Å². The highest BCUT2D eigenvalue weighted by molar-refractivity contribution is 8.00. The number of carboxylic acids is 1. The Balaban J connectivity index is 1.50. The minimum absolute atomic E-state index is 0.0321. The molecule has 2 N–H and O–H groups in total. The lowest BCUT2D eigenvalue weighted by Gasteiger charge is -2.11. The van der Waals surface area contributed by atoms with Crippen LogP contribution in [0.5, 0.6) is 5.75 Å².